The number of rotatable bonds is 8. The standard InChI is InChI=1S/C20H18N4O5S/c25-20(22-14-16-6-4-5-13-21-16)15-23(17-9-11-18(12-10-17)24(26)27)30(28,29)19-7-2-1-3-8-19/h1-13H,14-15H2,(H,22,25). The molecule has 1 aromatic heterocycles. The lowest BCUT2D eigenvalue weighted by molar-refractivity contribution is -0.384. The van der Waals surface area contributed by atoms with Crippen molar-refractivity contribution in [3.8, 4) is 0 Å². The van der Waals surface area contributed by atoms with E-state index >= 15 is 0 Å². The van der Waals surface area contributed by atoms with Gasteiger partial charge in [-0.25, -0.2) is 8.42 Å². The number of nitrogens with zero attached hydrogens (tertiary/aromatic N) is 3. The van der Waals surface area contributed by atoms with E-state index in [0.29, 0.717) is 5.69 Å². The molecule has 1 N–H and O–H groups in total. The van der Waals surface area contributed by atoms with Crippen LogP contribution in [0.1, 0.15) is 5.69 Å². The molecule has 0 spiro atoms. The maximum Gasteiger partial charge on any atom is 0.269 e. The van der Waals surface area contributed by atoms with Crippen molar-refractivity contribution in [2.45, 2.75) is 11.4 Å². The highest BCUT2D eigenvalue weighted by molar-refractivity contribution is 7.92. The third kappa shape index (κ3) is 4.97. The number of sulfonamides is 1. The van der Waals surface area contributed by atoms with Gasteiger partial charge in [-0.3, -0.25) is 24.2 Å². The number of hydrogen-bond acceptors (Lipinski definition) is 6. The van der Waals surface area contributed by atoms with E-state index in [4.69, 9.17) is 0 Å². The van der Waals surface area contributed by atoms with Crippen molar-refractivity contribution in [2.75, 3.05) is 10.8 Å². The van der Waals surface area contributed by atoms with Crippen molar-refractivity contribution in [1.29, 1.82) is 0 Å². The fraction of sp³-hybridized carbons (Fsp3) is 0.100. The molecule has 3 aromatic rings. The zero-order chi connectivity index (χ0) is 21.6. The molecule has 1 heterocycles. The van der Waals surface area contributed by atoms with Crippen LogP contribution in [0.15, 0.2) is 83.9 Å². The van der Waals surface area contributed by atoms with Crippen molar-refractivity contribution < 1.29 is 18.1 Å². The van der Waals surface area contributed by atoms with Crippen molar-refractivity contribution >= 4 is 27.3 Å². The van der Waals surface area contributed by atoms with Crippen LogP contribution < -0.4 is 9.62 Å². The Bertz CT molecular complexity index is 1120. The molecule has 0 saturated heterocycles. The maximum atomic E-state index is 13.2. The molecule has 0 saturated carbocycles. The number of nitro groups is 1. The number of carbonyl (C=O) groups excluding carboxylic acids is 1. The van der Waals surface area contributed by atoms with Crippen LogP contribution in [0.4, 0.5) is 11.4 Å². The molecule has 9 nitrogen and oxygen atoms in total. The predicted molar refractivity (Wildman–Crippen MR) is 110 cm³/mol. The molecule has 0 unspecified atom stereocenters. The van der Waals surface area contributed by atoms with Gasteiger partial charge in [0.2, 0.25) is 5.91 Å². The van der Waals surface area contributed by atoms with Gasteiger partial charge < -0.3 is 5.32 Å². The van der Waals surface area contributed by atoms with E-state index in [2.05, 4.69) is 10.3 Å². The van der Waals surface area contributed by atoms with Crippen LogP contribution in [0.25, 0.3) is 0 Å². The Hall–Kier alpha value is -3.79. The van der Waals surface area contributed by atoms with E-state index in [0.717, 1.165) is 4.31 Å². The molecule has 0 fully saturated rings. The summed E-state index contributed by atoms with van der Waals surface area (Å²) in [6.07, 6.45) is 1.59. The molecule has 0 aliphatic carbocycles. The van der Waals surface area contributed by atoms with E-state index in [9.17, 15) is 23.3 Å². The van der Waals surface area contributed by atoms with Gasteiger partial charge in [-0.05, 0) is 36.4 Å². The first kappa shape index (κ1) is 20.9. The van der Waals surface area contributed by atoms with E-state index < -0.39 is 27.4 Å². The summed E-state index contributed by atoms with van der Waals surface area (Å²) in [5.74, 6) is -0.543. The van der Waals surface area contributed by atoms with Gasteiger partial charge in [0.1, 0.15) is 6.54 Å². The molecule has 3 rings (SSSR count). The molecule has 0 radical (unpaired) electrons. The average Bonchev–Trinajstić information content (AvgIpc) is 2.77. The zero-order valence-corrected chi connectivity index (χ0v) is 16.5. The molecule has 0 bridgehead atoms. The highest BCUT2D eigenvalue weighted by atomic mass is 32.2. The minimum atomic E-state index is -4.08. The summed E-state index contributed by atoms with van der Waals surface area (Å²) in [6, 6.07) is 17.9. The monoisotopic (exact) mass is 426 g/mol. The number of hydrogen-bond donors (Lipinski definition) is 1. The number of benzene rings is 2. The van der Waals surface area contributed by atoms with Crippen LogP contribution in [0.5, 0.6) is 0 Å². The molecule has 0 aliphatic rings. The molecule has 0 aliphatic heterocycles. The number of anilines is 1. The zero-order valence-electron chi connectivity index (χ0n) is 15.7. The first-order valence-corrected chi connectivity index (χ1v) is 10.3. The minimum Gasteiger partial charge on any atom is -0.349 e. The second-order valence-electron chi connectivity index (χ2n) is 6.20. The number of nitrogens with one attached hydrogen (secondary N) is 1. The molecular weight excluding hydrogens is 408 g/mol. The second-order valence-corrected chi connectivity index (χ2v) is 8.06. The van der Waals surface area contributed by atoms with Crippen LogP contribution in [0.3, 0.4) is 0 Å². The van der Waals surface area contributed by atoms with Gasteiger partial charge in [-0.15, -0.1) is 0 Å². The molecule has 10 heteroatoms. The minimum absolute atomic E-state index is 0.000814. The van der Waals surface area contributed by atoms with Crippen molar-refractivity contribution in [3.63, 3.8) is 0 Å². The lowest BCUT2D eigenvalue weighted by Crippen LogP contribution is -2.40. The summed E-state index contributed by atoms with van der Waals surface area (Å²) >= 11 is 0. The summed E-state index contributed by atoms with van der Waals surface area (Å²) in [7, 11) is -4.08. The van der Waals surface area contributed by atoms with E-state index in [1.54, 1.807) is 42.6 Å². The fourth-order valence-corrected chi connectivity index (χ4v) is 4.10. The SMILES string of the molecule is O=C(CN(c1ccc([N+](=O)[O-])cc1)S(=O)(=O)c1ccccc1)NCc1ccccn1. The molecular formula is C20H18N4O5S. The number of pyridine rings is 1. The third-order valence-corrected chi connectivity index (χ3v) is 5.95. The fourth-order valence-electron chi connectivity index (χ4n) is 2.65. The molecule has 30 heavy (non-hydrogen) atoms. The van der Waals surface area contributed by atoms with E-state index in [1.807, 2.05) is 0 Å². The topological polar surface area (TPSA) is 123 Å². The van der Waals surface area contributed by atoms with Gasteiger partial charge >= 0.3 is 0 Å². The number of carbonyl (C=O) groups is 1. The highest BCUT2D eigenvalue weighted by Gasteiger charge is 2.27. The third-order valence-electron chi connectivity index (χ3n) is 4.16. The van der Waals surface area contributed by atoms with Crippen LogP contribution >= 0.6 is 0 Å². The van der Waals surface area contributed by atoms with Gasteiger partial charge in [-0.1, -0.05) is 24.3 Å². The van der Waals surface area contributed by atoms with Gasteiger partial charge in [0.05, 0.1) is 27.7 Å². The Balaban J connectivity index is 1.87. The van der Waals surface area contributed by atoms with Crippen LogP contribution in [0.2, 0.25) is 0 Å². The molecule has 1 amide bonds. The Morgan fingerprint density at radius 3 is 2.27 bits per heavy atom. The van der Waals surface area contributed by atoms with Crippen molar-refractivity contribution in [3.05, 3.63) is 94.8 Å². The highest BCUT2D eigenvalue weighted by Crippen LogP contribution is 2.25. The quantitative estimate of drug-likeness (QED) is 0.436. The Labute approximate surface area is 173 Å². The van der Waals surface area contributed by atoms with Crippen LogP contribution in [-0.2, 0) is 21.4 Å². The van der Waals surface area contributed by atoms with Gasteiger partial charge in [0.25, 0.3) is 15.7 Å². The van der Waals surface area contributed by atoms with Crippen LogP contribution in [-0.4, -0.2) is 30.8 Å². The molecule has 154 valence electrons. The van der Waals surface area contributed by atoms with Gasteiger partial charge in [0, 0.05) is 18.3 Å². The summed E-state index contributed by atoms with van der Waals surface area (Å²) < 4.78 is 27.2. The summed E-state index contributed by atoms with van der Waals surface area (Å²) in [5.41, 5.74) is 0.575. The van der Waals surface area contributed by atoms with E-state index in [1.165, 1.54) is 36.4 Å². The Morgan fingerprint density at radius 2 is 1.67 bits per heavy atom. The first-order chi connectivity index (χ1) is 14.4. The van der Waals surface area contributed by atoms with Gasteiger partial charge in [-0.2, -0.15) is 0 Å². The molecule has 2 aromatic carbocycles. The normalized spacial score (nSPS) is 10.9. The number of amides is 1. The number of aromatic nitrogens is 1. The smallest absolute Gasteiger partial charge is 0.269 e. The van der Waals surface area contributed by atoms with Gasteiger partial charge in [0.15, 0.2) is 0 Å². The van der Waals surface area contributed by atoms with Crippen LogP contribution in [0, 0.1) is 10.1 Å². The van der Waals surface area contributed by atoms with Crippen molar-refractivity contribution in [1.82, 2.24) is 10.3 Å². The summed E-state index contributed by atoms with van der Waals surface area (Å²) in [6.45, 7) is -0.360. The molecule has 0 atom stereocenters. The Morgan fingerprint density at radius 1 is 1.00 bits per heavy atom. The first-order valence-electron chi connectivity index (χ1n) is 8.87. The number of nitro benzene ring substituents is 1. The Kier molecular flexibility index (Phi) is 6.38. The number of non-ortho nitro benzene ring substituents is 1. The lowest BCUT2D eigenvalue weighted by atomic mass is 10.3. The second kappa shape index (κ2) is 9.14. The average molecular weight is 426 g/mol. The summed E-state index contributed by atoms with van der Waals surface area (Å²) in [4.78, 5) is 26.9. The maximum absolute atomic E-state index is 13.2. The predicted octanol–water partition coefficient (Wildman–Crippen LogP) is 2.50. The largest absolute Gasteiger partial charge is 0.349 e. The summed E-state index contributed by atoms with van der Waals surface area (Å²) in [5, 5.41) is 13.5. The van der Waals surface area contributed by atoms with Crippen molar-refractivity contribution in [2.24, 2.45) is 0 Å². The lowest BCUT2D eigenvalue weighted by Gasteiger charge is -2.24. The van der Waals surface area contributed by atoms with E-state index in [-0.39, 0.29) is 22.8 Å².